The topological polar surface area (TPSA) is 84.2 Å². The highest BCUT2D eigenvalue weighted by Gasteiger charge is 2.39. The van der Waals surface area contributed by atoms with Gasteiger partial charge in [-0.1, -0.05) is 6.92 Å². The molecule has 0 aromatic rings. The Morgan fingerprint density at radius 3 is 2.67 bits per heavy atom. The summed E-state index contributed by atoms with van der Waals surface area (Å²) in [6.07, 6.45) is 1.91. The Kier molecular flexibility index (Phi) is 5.15. The first-order chi connectivity index (χ1) is 8.40. The molecule has 18 heavy (non-hydrogen) atoms. The van der Waals surface area contributed by atoms with Crippen LogP contribution in [0.4, 0.5) is 0 Å². The third kappa shape index (κ3) is 3.70. The van der Waals surface area contributed by atoms with Gasteiger partial charge in [-0.15, -0.1) is 0 Å². The lowest BCUT2D eigenvalue weighted by Gasteiger charge is -2.30. The van der Waals surface area contributed by atoms with Crippen LogP contribution in [0.3, 0.4) is 0 Å². The molecule has 5 nitrogen and oxygen atoms in total. The molecular formula is C12H19NO4S. The number of carbonyl (C=O) groups excluding carboxylic acids is 1. The normalized spacial score (nSPS) is 28.4. The summed E-state index contributed by atoms with van der Waals surface area (Å²) < 4.78 is 28.9. The van der Waals surface area contributed by atoms with E-state index in [1.165, 1.54) is 0 Å². The minimum atomic E-state index is -3.60. The summed E-state index contributed by atoms with van der Waals surface area (Å²) in [7, 11) is -3.60. The zero-order valence-corrected chi connectivity index (χ0v) is 11.6. The average Bonchev–Trinajstić information content (AvgIpc) is 2.28. The van der Waals surface area contributed by atoms with Crippen molar-refractivity contribution in [2.24, 2.45) is 11.8 Å². The smallest absolute Gasteiger partial charge is 0.321 e. The van der Waals surface area contributed by atoms with Gasteiger partial charge in [0, 0.05) is 0 Å². The summed E-state index contributed by atoms with van der Waals surface area (Å²) in [5.41, 5.74) is 0. The van der Waals surface area contributed by atoms with E-state index in [1.54, 1.807) is 6.92 Å². The van der Waals surface area contributed by atoms with Gasteiger partial charge in [0.15, 0.2) is 9.84 Å². The number of ether oxygens (including phenoxy) is 1. The van der Waals surface area contributed by atoms with Crippen LogP contribution in [0.2, 0.25) is 0 Å². The van der Waals surface area contributed by atoms with Gasteiger partial charge in [-0.25, -0.2) is 8.42 Å². The van der Waals surface area contributed by atoms with Gasteiger partial charge in [0.2, 0.25) is 0 Å². The summed E-state index contributed by atoms with van der Waals surface area (Å²) in [4.78, 5) is 11.3. The zero-order chi connectivity index (χ0) is 13.8. The van der Waals surface area contributed by atoms with E-state index in [-0.39, 0.29) is 12.5 Å². The summed E-state index contributed by atoms with van der Waals surface area (Å²) in [5, 5.41) is 8.29. The number of nitriles is 1. The highest BCUT2D eigenvalue weighted by Crippen LogP contribution is 2.33. The molecule has 1 rings (SSSR count). The molecule has 0 aliphatic heterocycles. The lowest BCUT2D eigenvalue weighted by atomic mass is 9.83. The Labute approximate surface area is 108 Å². The fourth-order valence-electron chi connectivity index (χ4n) is 2.35. The van der Waals surface area contributed by atoms with E-state index in [0.717, 1.165) is 6.42 Å². The highest BCUT2D eigenvalue weighted by atomic mass is 32.2. The standard InChI is InChI=1S/C12H19NO4S/c1-3-17-12(14)8-18(15,16)11-6-9(2)4-5-10(11)7-13/h9-11H,3-6,8H2,1-2H3. The second-order valence-corrected chi connectivity index (χ2v) is 7.02. The summed E-state index contributed by atoms with van der Waals surface area (Å²) in [5.74, 6) is -1.57. The van der Waals surface area contributed by atoms with Crippen molar-refractivity contribution in [1.29, 1.82) is 5.26 Å². The number of esters is 1. The van der Waals surface area contributed by atoms with Crippen LogP contribution < -0.4 is 0 Å². The van der Waals surface area contributed by atoms with Gasteiger partial charge in [-0.2, -0.15) is 5.26 Å². The van der Waals surface area contributed by atoms with Crippen LogP contribution in [0.5, 0.6) is 0 Å². The van der Waals surface area contributed by atoms with Gasteiger partial charge >= 0.3 is 5.97 Å². The molecule has 1 saturated carbocycles. The van der Waals surface area contributed by atoms with Gasteiger partial charge in [-0.05, 0) is 32.1 Å². The van der Waals surface area contributed by atoms with Gasteiger partial charge in [-0.3, -0.25) is 4.79 Å². The molecule has 0 heterocycles. The van der Waals surface area contributed by atoms with Crippen molar-refractivity contribution in [3.8, 4) is 6.07 Å². The van der Waals surface area contributed by atoms with E-state index in [0.29, 0.717) is 12.8 Å². The molecule has 0 amide bonds. The van der Waals surface area contributed by atoms with E-state index >= 15 is 0 Å². The van der Waals surface area contributed by atoms with Crippen LogP contribution >= 0.6 is 0 Å². The first kappa shape index (κ1) is 15.0. The summed E-state index contributed by atoms with van der Waals surface area (Å²) in [6.45, 7) is 3.77. The van der Waals surface area contributed by atoms with E-state index in [4.69, 9.17) is 5.26 Å². The van der Waals surface area contributed by atoms with E-state index in [9.17, 15) is 13.2 Å². The molecule has 0 aromatic heterocycles. The quantitative estimate of drug-likeness (QED) is 0.721. The fourth-order valence-corrected chi connectivity index (χ4v) is 4.29. The van der Waals surface area contributed by atoms with Gasteiger partial charge in [0.05, 0.1) is 23.8 Å². The molecule has 3 unspecified atom stereocenters. The number of nitrogens with zero attached hydrogens (tertiary/aromatic N) is 1. The number of hydrogen-bond donors (Lipinski definition) is 0. The maximum absolute atomic E-state index is 12.1. The highest BCUT2D eigenvalue weighted by molar-refractivity contribution is 7.92. The fraction of sp³-hybridized carbons (Fsp3) is 0.833. The first-order valence-corrected chi connectivity index (χ1v) is 7.89. The molecule has 0 spiro atoms. The van der Waals surface area contributed by atoms with Crippen LogP contribution in [0, 0.1) is 23.2 Å². The van der Waals surface area contributed by atoms with E-state index in [2.05, 4.69) is 10.8 Å². The number of rotatable bonds is 4. The van der Waals surface area contributed by atoms with Crippen molar-refractivity contribution < 1.29 is 17.9 Å². The number of carbonyl (C=O) groups is 1. The van der Waals surface area contributed by atoms with Crippen molar-refractivity contribution in [2.45, 2.75) is 38.4 Å². The maximum atomic E-state index is 12.1. The monoisotopic (exact) mass is 273 g/mol. The predicted molar refractivity (Wildman–Crippen MR) is 66.3 cm³/mol. The predicted octanol–water partition coefficient (Wildman–Crippen LogP) is 1.29. The van der Waals surface area contributed by atoms with Crippen molar-refractivity contribution in [2.75, 3.05) is 12.4 Å². The maximum Gasteiger partial charge on any atom is 0.321 e. The third-order valence-corrected chi connectivity index (χ3v) is 5.39. The lowest BCUT2D eigenvalue weighted by Crippen LogP contribution is -2.38. The molecule has 1 fully saturated rings. The summed E-state index contributed by atoms with van der Waals surface area (Å²) in [6, 6.07) is 2.05. The number of hydrogen-bond acceptors (Lipinski definition) is 5. The Bertz CT molecular complexity index is 437. The van der Waals surface area contributed by atoms with Crippen LogP contribution in [0.1, 0.15) is 33.1 Å². The van der Waals surface area contributed by atoms with Gasteiger partial charge in [0.1, 0.15) is 5.75 Å². The van der Waals surface area contributed by atoms with Crippen LogP contribution in [-0.2, 0) is 19.4 Å². The second kappa shape index (κ2) is 6.19. The van der Waals surface area contributed by atoms with E-state index < -0.39 is 32.7 Å². The third-order valence-electron chi connectivity index (χ3n) is 3.31. The van der Waals surface area contributed by atoms with E-state index in [1.807, 2.05) is 6.92 Å². The average molecular weight is 273 g/mol. The Morgan fingerprint density at radius 2 is 2.11 bits per heavy atom. The zero-order valence-electron chi connectivity index (χ0n) is 10.8. The van der Waals surface area contributed by atoms with Gasteiger partial charge < -0.3 is 4.74 Å². The summed E-state index contributed by atoms with van der Waals surface area (Å²) >= 11 is 0. The van der Waals surface area contributed by atoms with Crippen molar-refractivity contribution in [1.82, 2.24) is 0 Å². The Morgan fingerprint density at radius 1 is 1.44 bits per heavy atom. The van der Waals surface area contributed by atoms with Crippen LogP contribution in [-0.4, -0.2) is 32.0 Å². The molecular weight excluding hydrogens is 254 g/mol. The second-order valence-electron chi connectivity index (χ2n) is 4.80. The molecule has 1 aliphatic rings. The molecule has 0 bridgehead atoms. The molecule has 0 radical (unpaired) electrons. The molecule has 6 heteroatoms. The largest absolute Gasteiger partial charge is 0.465 e. The van der Waals surface area contributed by atoms with Crippen molar-refractivity contribution >= 4 is 15.8 Å². The van der Waals surface area contributed by atoms with Gasteiger partial charge in [0.25, 0.3) is 0 Å². The molecule has 0 N–H and O–H groups in total. The Hall–Kier alpha value is -1.09. The molecule has 3 atom stereocenters. The minimum Gasteiger partial charge on any atom is -0.465 e. The Balaban J connectivity index is 2.81. The molecule has 0 aromatic carbocycles. The first-order valence-electron chi connectivity index (χ1n) is 6.17. The van der Waals surface area contributed by atoms with Crippen LogP contribution in [0.25, 0.3) is 0 Å². The van der Waals surface area contributed by atoms with Crippen LogP contribution in [0.15, 0.2) is 0 Å². The van der Waals surface area contributed by atoms with Crippen molar-refractivity contribution in [3.63, 3.8) is 0 Å². The molecule has 102 valence electrons. The SMILES string of the molecule is CCOC(=O)CS(=O)(=O)C1CC(C)CCC1C#N. The minimum absolute atomic E-state index is 0.164. The van der Waals surface area contributed by atoms with Crippen molar-refractivity contribution in [3.05, 3.63) is 0 Å². The molecule has 1 aliphatic carbocycles. The lowest BCUT2D eigenvalue weighted by molar-refractivity contribution is -0.139. The number of sulfone groups is 1. The molecule has 0 saturated heterocycles.